The van der Waals surface area contributed by atoms with Crippen molar-refractivity contribution in [1.29, 1.82) is 0 Å². The first-order valence-electron chi connectivity index (χ1n) is 7.99. The summed E-state index contributed by atoms with van der Waals surface area (Å²) in [4.78, 5) is 12.0. The van der Waals surface area contributed by atoms with E-state index in [1.54, 1.807) is 38.5 Å². The molecule has 0 spiro atoms. The number of rotatable bonds is 7. The number of carbonyl (C=O) groups is 1. The van der Waals surface area contributed by atoms with Crippen molar-refractivity contribution in [3.8, 4) is 17.2 Å². The second-order valence-corrected chi connectivity index (χ2v) is 6.81. The van der Waals surface area contributed by atoms with E-state index in [0.29, 0.717) is 27.8 Å². The molecule has 0 aromatic heterocycles. The Morgan fingerprint density at radius 2 is 1.96 bits per heavy atom. The van der Waals surface area contributed by atoms with Gasteiger partial charge >= 0.3 is 0 Å². The Morgan fingerprint density at radius 1 is 1.22 bits per heavy atom. The zero-order valence-electron chi connectivity index (χ0n) is 15.4. The lowest BCUT2D eigenvalue weighted by atomic mass is 10.1. The van der Waals surface area contributed by atoms with Crippen LogP contribution in [0.15, 0.2) is 33.8 Å². The van der Waals surface area contributed by atoms with Gasteiger partial charge in [0.15, 0.2) is 6.61 Å². The zero-order valence-corrected chi connectivity index (χ0v) is 17.8. The summed E-state index contributed by atoms with van der Waals surface area (Å²) in [7, 11) is 3.12. The first kappa shape index (κ1) is 21.1. The Balaban J connectivity index is 1.96. The highest BCUT2D eigenvalue weighted by molar-refractivity contribution is 9.10. The molecule has 0 atom stereocenters. The molecule has 2 rings (SSSR count). The number of aryl methyl sites for hydroxylation is 1. The number of carbonyl (C=O) groups excluding carboxylic acids is 1. The van der Waals surface area contributed by atoms with E-state index in [1.165, 1.54) is 6.21 Å². The number of nitrogens with zero attached hydrogens (tertiary/aromatic N) is 1. The molecular weight excluding hydrogens is 436 g/mol. The van der Waals surface area contributed by atoms with Crippen molar-refractivity contribution < 1.29 is 19.0 Å². The molecule has 0 heterocycles. The molecule has 0 aliphatic rings. The number of hydrazone groups is 1. The fourth-order valence-electron chi connectivity index (χ4n) is 2.28. The van der Waals surface area contributed by atoms with E-state index in [4.69, 9.17) is 25.8 Å². The molecule has 0 bridgehead atoms. The summed E-state index contributed by atoms with van der Waals surface area (Å²) in [6.07, 6.45) is 1.49. The van der Waals surface area contributed by atoms with E-state index in [0.717, 1.165) is 15.6 Å². The van der Waals surface area contributed by atoms with Gasteiger partial charge in [0.25, 0.3) is 5.91 Å². The molecule has 27 heavy (non-hydrogen) atoms. The molecule has 0 unspecified atom stereocenters. The van der Waals surface area contributed by atoms with Gasteiger partial charge in [-0.15, -0.1) is 0 Å². The summed E-state index contributed by atoms with van der Waals surface area (Å²) >= 11 is 9.62. The molecule has 0 saturated heterocycles. The number of ether oxygens (including phenoxy) is 3. The lowest BCUT2D eigenvalue weighted by molar-refractivity contribution is -0.123. The first-order valence-corrected chi connectivity index (χ1v) is 9.16. The number of nitrogens with one attached hydrogen (secondary N) is 1. The van der Waals surface area contributed by atoms with Gasteiger partial charge in [-0.2, -0.15) is 5.10 Å². The van der Waals surface area contributed by atoms with E-state index >= 15 is 0 Å². The summed E-state index contributed by atoms with van der Waals surface area (Å²) in [6, 6.07) is 7.06. The standard InChI is InChI=1S/C19H20BrClN2O4/c1-11-7-16(18(20)12(2)19(11)21)27-10-17(24)23-22-9-13-5-6-14(25-3)8-15(13)26-4/h5-9H,10H2,1-4H3,(H,23,24)/b22-9+. The highest BCUT2D eigenvalue weighted by atomic mass is 79.9. The van der Waals surface area contributed by atoms with E-state index in [9.17, 15) is 4.79 Å². The van der Waals surface area contributed by atoms with E-state index in [1.807, 2.05) is 13.8 Å². The molecule has 8 heteroatoms. The van der Waals surface area contributed by atoms with Crippen LogP contribution < -0.4 is 19.6 Å². The van der Waals surface area contributed by atoms with Crippen molar-refractivity contribution in [3.05, 3.63) is 50.5 Å². The fourth-order valence-corrected chi connectivity index (χ4v) is 2.97. The third kappa shape index (κ3) is 5.37. The van der Waals surface area contributed by atoms with Gasteiger partial charge < -0.3 is 14.2 Å². The predicted molar refractivity (Wildman–Crippen MR) is 109 cm³/mol. The van der Waals surface area contributed by atoms with Crippen LogP contribution in [-0.2, 0) is 4.79 Å². The largest absolute Gasteiger partial charge is 0.497 e. The average Bonchev–Trinajstić information content (AvgIpc) is 2.68. The molecule has 0 aliphatic heterocycles. The van der Waals surface area contributed by atoms with Crippen molar-refractivity contribution in [1.82, 2.24) is 5.43 Å². The molecule has 1 N–H and O–H groups in total. The number of hydrogen-bond donors (Lipinski definition) is 1. The van der Waals surface area contributed by atoms with Crippen molar-refractivity contribution in [2.24, 2.45) is 5.10 Å². The van der Waals surface area contributed by atoms with Crippen LogP contribution in [0.25, 0.3) is 0 Å². The van der Waals surface area contributed by atoms with Gasteiger partial charge in [-0.1, -0.05) is 11.6 Å². The maximum atomic E-state index is 12.0. The fraction of sp³-hybridized carbons (Fsp3) is 0.263. The highest BCUT2D eigenvalue weighted by Gasteiger charge is 2.12. The third-order valence-electron chi connectivity index (χ3n) is 3.76. The quantitative estimate of drug-likeness (QED) is 0.500. The first-order chi connectivity index (χ1) is 12.9. The minimum absolute atomic E-state index is 0.184. The second-order valence-electron chi connectivity index (χ2n) is 5.63. The van der Waals surface area contributed by atoms with Crippen molar-refractivity contribution in [2.75, 3.05) is 20.8 Å². The molecule has 6 nitrogen and oxygen atoms in total. The minimum atomic E-state index is -0.393. The van der Waals surface area contributed by atoms with Gasteiger partial charge in [-0.3, -0.25) is 4.79 Å². The lowest BCUT2D eigenvalue weighted by Crippen LogP contribution is -2.24. The van der Waals surface area contributed by atoms with Crippen LogP contribution >= 0.6 is 27.5 Å². The molecular formula is C19H20BrClN2O4. The Hall–Kier alpha value is -2.25. The van der Waals surface area contributed by atoms with Gasteiger partial charge in [0, 0.05) is 16.7 Å². The van der Waals surface area contributed by atoms with E-state index in [2.05, 4.69) is 26.5 Å². The molecule has 2 aromatic carbocycles. The number of benzene rings is 2. The molecule has 0 aliphatic carbocycles. The van der Waals surface area contributed by atoms with Crippen LogP contribution in [0.3, 0.4) is 0 Å². The number of halogens is 2. The van der Waals surface area contributed by atoms with Crippen LogP contribution in [0.4, 0.5) is 0 Å². The highest BCUT2D eigenvalue weighted by Crippen LogP contribution is 2.35. The molecule has 144 valence electrons. The monoisotopic (exact) mass is 454 g/mol. The van der Waals surface area contributed by atoms with Crippen molar-refractivity contribution >= 4 is 39.7 Å². The molecule has 0 fully saturated rings. The lowest BCUT2D eigenvalue weighted by Gasteiger charge is -2.12. The normalized spacial score (nSPS) is 10.7. The third-order valence-corrected chi connectivity index (χ3v) is 5.33. The van der Waals surface area contributed by atoms with Gasteiger partial charge in [-0.25, -0.2) is 5.43 Å². The van der Waals surface area contributed by atoms with Crippen molar-refractivity contribution in [2.45, 2.75) is 13.8 Å². The summed E-state index contributed by atoms with van der Waals surface area (Å²) < 4.78 is 16.7. The molecule has 0 radical (unpaired) electrons. The van der Waals surface area contributed by atoms with Gasteiger partial charge in [0.05, 0.1) is 24.9 Å². The maximum Gasteiger partial charge on any atom is 0.277 e. The zero-order chi connectivity index (χ0) is 20.0. The van der Waals surface area contributed by atoms with E-state index in [-0.39, 0.29) is 6.61 Å². The Kier molecular flexibility index (Phi) is 7.50. The SMILES string of the molecule is COc1ccc(/C=N/NC(=O)COc2cc(C)c(Cl)c(C)c2Br)c(OC)c1. The maximum absolute atomic E-state index is 12.0. The van der Waals surface area contributed by atoms with Crippen LogP contribution in [0.2, 0.25) is 5.02 Å². The molecule has 0 saturated carbocycles. The summed E-state index contributed by atoms with van der Waals surface area (Å²) in [5.74, 6) is 1.40. The second kappa shape index (κ2) is 9.62. The Morgan fingerprint density at radius 3 is 2.63 bits per heavy atom. The number of methoxy groups -OCH3 is 2. The van der Waals surface area contributed by atoms with E-state index < -0.39 is 5.91 Å². The smallest absolute Gasteiger partial charge is 0.277 e. The van der Waals surface area contributed by atoms with Gasteiger partial charge in [0.2, 0.25) is 0 Å². The van der Waals surface area contributed by atoms with Crippen molar-refractivity contribution in [3.63, 3.8) is 0 Å². The van der Waals surface area contributed by atoms with Crippen LogP contribution in [-0.4, -0.2) is 32.9 Å². The van der Waals surface area contributed by atoms with Gasteiger partial charge in [0.1, 0.15) is 17.2 Å². The van der Waals surface area contributed by atoms with Crippen LogP contribution in [0.5, 0.6) is 17.2 Å². The predicted octanol–water partition coefficient (Wildman–Crippen LogP) is 4.27. The summed E-state index contributed by atoms with van der Waals surface area (Å²) in [5, 5.41) is 4.60. The number of amides is 1. The summed E-state index contributed by atoms with van der Waals surface area (Å²) in [6.45, 7) is 3.57. The van der Waals surface area contributed by atoms with Gasteiger partial charge in [-0.05, 0) is 59.1 Å². The average molecular weight is 456 g/mol. The Labute approximate surface area is 171 Å². The van der Waals surface area contributed by atoms with Crippen LogP contribution in [0.1, 0.15) is 16.7 Å². The molecule has 1 amide bonds. The topological polar surface area (TPSA) is 69.2 Å². The Bertz CT molecular complexity index is 871. The molecule has 2 aromatic rings. The minimum Gasteiger partial charge on any atom is -0.497 e. The number of hydrogen-bond acceptors (Lipinski definition) is 5. The van der Waals surface area contributed by atoms with Crippen LogP contribution in [0, 0.1) is 13.8 Å². The summed E-state index contributed by atoms with van der Waals surface area (Å²) in [5.41, 5.74) is 4.85.